The van der Waals surface area contributed by atoms with Crippen LogP contribution in [0.2, 0.25) is 0 Å². The number of nitrogens with zero attached hydrogens (tertiary/aromatic N) is 3. The van der Waals surface area contributed by atoms with Crippen molar-refractivity contribution in [2.75, 3.05) is 39.5 Å². The molecule has 1 aliphatic heterocycles. The van der Waals surface area contributed by atoms with Crippen LogP contribution in [0.15, 0.2) is 59.5 Å². The van der Waals surface area contributed by atoms with Gasteiger partial charge in [0.1, 0.15) is 18.0 Å². The molecule has 1 saturated heterocycles. The summed E-state index contributed by atoms with van der Waals surface area (Å²) >= 11 is 0. The van der Waals surface area contributed by atoms with E-state index in [0.29, 0.717) is 23.6 Å². The average molecular weight is 395 g/mol. The molecule has 1 aromatic carbocycles. The predicted molar refractivity (Wildman–Crippen MR) is 106 cm³/mol. The van der Waals surface area contributed by atoms with E-state index in [2.05, 4.69) is 9.88 Å². The zero-order valence-corrected chi connectivity index (χ0v) is 15.8. The van der Waals surface area contributed by atoms with Gasteiger partial charge in [-0.05, 0) is 36.4 Å². The third-order valence-corrected chi connectivity index (χ3v) is 4.61. The van der Waals surface area contributed by atoms with Crippen molar-refractivity contribution in [1.29, 1.82) is 0 Å². The van der Waals surface area contributed by atoms with E-state index in [1.54, 1.807) is 48.7 Å². The van der Waals surface area contributed by atoms with E-state index < -0.39 is 5.97 Å². The van der Waals surface area contributed by atoms with Crippen LogP contribution >= 0.6 is 0 Å². The quantitative estimate of drug-likeness (QED) is 0.587. The van der Waals surface area contributed by atoms with Crippen LogP contribution in [0.3, 0.4) is 0 Å². The first-order valence-corrected chi connectivity index (χ1v) is 9.43. The summed E-state index contributed by atoms with van der Waals surface area (Å²) in [6, 6.07) is 13.0. The molecule has 29 heavy (non-hydrogen) atoms. The van der Waals surface area contributed by atoms with Gasteiger partial charge in [-0.15, -0.1) is 0 Å². The predicted octanol–water partition coefficient (Wildman–Crippen LogP) is 1.62. The molecule has 0 unspecified atom stereocenters. The molecule has 3 heterocycles. The zero-order valence-electron chi connectivity index (χ0n) is 15.8. The van der Waals surface area contributed by atoms with E-state index in [0.717, 1.165) is 32.8 Å². The minimum atomic E-state index is -0.586. The van der Waals surface area contributed by atoms with E-state index in [4.69, 9.17) is 14.2 Å². The Morgan fingerprint density at radius 3 is 2.69 bits per heavy atom. The molecule has 4 rings (SSSR count). The summed E-state index contributed by atoms with van der Waals surface area (Å²) in [5, 5.41) is 0. The molecule has 8 nitrogen and oxygen atoms in total. The van der Waals surface area contributed by atoms with Crippen LogP contribution in [0, 0.1) is 0 Å². The highest BCUT2D eigenvalue weighted by molar-refractivity contribution is 5.91. The largest absolute Gasteiger partial charge is 0.492 e. The van der Waals surface area contributed by atoms with Gasteiger partial charge in [-0.3, -0.25) is 14.1 Å². The number of carbonyl (C=O) groups excluding carboxylic acids is 1. The summed E-state index contributed by atoms with van der Waals surface area (Å²) in [5.41, 5.74) is 0.440. The Morgan fingerprint density at radius 2 is 1.90 bits per heavy atom. The fourth-order valence-electron chi connectivity index (χ4n) is 3.04. The molecule has 1 aliphatic rings. The van der Waals surface area contributed by atoms with E-state index in [1.165, 1.54) is 10.5 Å². The number of benzene rings is 1. The Bertz CT molecular complexity index is 1040. The Morgan fingerprint density at radius 1 is 1.10 bits per heavy atom. The van der Waals surface area contributed by atoms with Gasteiger partial charge in [-0.2, -0.15) is 4.98 Å². The Labute approximate surface area is 167 Å². The molecule has 1 fully saturated rings. The number of aromatic nitrogens is 2. The molecule has 3 aromatic rings. The van der Waals surface area contributed by atoms with Crippen molar-refractivity contribution in [2.24, 2.45) is 0 Å². The molecule has 0 bridgehead atoms. The minimum Gasteiger partial charge on any atom is -0.492 e. The van der Waals surface area contributed by atoms with Gasteiger partial charge in [0.25, 0.3) is 5.56 Å². The zero-order chi connectivity index (χ0) is 20.1. The Hall–Kier alpha value is -3.23. The van der Waals surface area contributed by atoms with Crippen LogP contribution in [0.25, 0.3) is 5.65 Å². The van der Waals surface area contributed by atoms with Crippen LogP contribution in [0.5, 0.6) is 11.6 Å². The van der Waals surface area contributed by atoms with Gasteiger partial charge in [0.05, 0.1) is 24.8 Å². The first kappa shape index (κ1) is 19.1. The minimum absolute atomic E-state index is 0.0305. The summed E-state index contributed by atoms with van der Waals surface area (Å²) < 4.78 is 17.7. The van der Waals surface area contributed by atoms with E-state index in [-0.39, 0.29) is 11.4 Å². The van der Waals surface area contributed by atoms with E-state index >= 15 is 0 Å². The molecule has 0 saturated carbocycles. The smallest absolute Gasteiger partial charge is 0.344 e. The molecule has 0 radical (unpaired) electrons. The van der Waals surface area contributed by atoms with Gasteiger partial charge in [0, 0.05) is 25.8 Å². The highest BCUT2D eigenvalue weighted by Gasteiger charge is 2.12. The number of ether oxygens (including phenoxy) is 3. The van der Waals surface area contributed by atoms with Crippen LogP contribution in [0.4, 0.5) is 0 Å². The maximum atomic E-state index is 12.4. The van der Waals surface area contributed by atoms with Crippen LogP contribution < -0.4 is 15.0 Å². The number of rotatable bonds is 6. The molecule has 0 aliphatic carbocycles. The fraction of sp³-hybridized carbons (Fsp3) is 0.286. The third-order valence-electron chi connectivity index (χ3n) is 4.61. The first-order valence-electron chi connectivity index (χ1n) is 9.43. The average Bonchev–Trinajstić information content (AvgIpc) is 2.75. The molecule has 8 heteroatoms. The van der Waals surface area contributed by atoms with Crippen molar-refractivity contribution in [1.82, 2.24) is 14.3 Å². The molecular formula is C21H21N3O5. The maximum absolute atomic E-state index is 12.4. The van der Waals surface area contributed by atoms with Gasteiger partial charge in [-0.25, -0.2) is 4.79 Å². The lowest BCUT2D eigenvalue weighted by molar-refractivity contribution is 0.0322. The van der Waals surface area contributed by atoms with Crippen LogP contribution in [0.1, 0.15) is 10.4 Å². The summed E-state index contributed by atoms with van der Waals surface area (Å²) in [6.07, 6.45) is 1.61. The lowest BCUT2D eigenvalue weighted by Gasteiger charge is -2.26. The maximum Gasteiger partial charge on any atom is 0.344 e. The Kier molecular flexibility index (Phi) is 5.83. The number of morpholine rings is 1. The highest BCUT2D eigenvalue weighted by Crippen LogP contribution is 2.15. The first-order chi connectivity index (χ1) is 14.2. The number of esters is 1. The van der Waals surface area contributed by atoms with Crippen molar-refractivity contribution >= 4 is 11.6 Å². The number of pyridine rings is 1. The SMILES string of the molecule is O=C(Oc1cc(=O)n2ccccc2n1)c1ccc(OCCN2CCOCC2)cc1. The topological polar surface area (TPSA) is 82.4 Å². The lowest BCUT2D eigenvalue weighted by Crippen LogP contribution is -2.38. The second kappa shape index (κ2) is 8.85. The molecular weight excluding hydrogens is 374 g/mol. The highest BCUT2D eigenvalue weighted by atomic mass is 16.5. The second-order valence-corrected chi connectivity index (χ2v) is 6.58. The summed E-state index contributed by atoms with van der Waals surface area (Å²) in [5.74, 6) is 0.0611. The van der Waals surface area contributed by atoms with Crippen molar-refractivity contribution in [3.63, 3.8) is 0 Å². The van der Waals surface area contributed by atoms with Crippen LogP contribution in [-0.4, -0.2) is 59.7 Å². The number of hydrogen-bond donors (Lipinski definition) is 0. The second-order valence-electron chi connectivity index (χ2n) is 6.58. The van der Waals surface area contributed by atoms with Crippen molar-refractivity contribution in [2.45, 2.75) is 0 Å². The van der Waals surface area contributed by atoms with Gasteiger partial charge < -0.3 is 14.2 Å². The van der Waals surface area contributed by atoms with Crippen LogP contribution in [-0.2, 0) is 4.74 Å². The van der Waals surface area contributed by atoms with Gasteiger partial charge in [0.15, 0.2) is 0 Å². The third kappa shape index (κ3) is 4.79. The summed E-state index contributed by atoms with van der Waals surface area (Å²) in [7, 11) is 0. The van der Waals surface area contributed by atoms with Gasteiger partial charge in [0.2, 0.25) is 5.88 Å². The molecule has 150 valence electrons. The molecule has 0 N–H and O–H groups in total. The monoisotopic (exact) mass is 395 g/mol. The standard InChI is InChI=1S/C21H21N3O5/c25-20-15-19(22-18-3-1-2-8-24(18)20)29-21(26)16-4-6-17(7-5-16)28-14-11-23-9-12-27-13-10-23/h1-8,15H,9-14H2. The van der Waals surface area contributed by atoms with Crippen molar-refractivity contribution < 1.29 is 19.0 Å². The molecule has 2 aromatic heterocycles. The van der Waals surface area contributed by atoms with Crippen molar-refractivity contribution in [3.05, 3.63) is 70.6 Å². The lowest BCUT2D eigenvalue weighted by atomic mass is 10.2. The normalized spacial score (nSPS) is 14.6. The summed E-state index contributed by atoms with van der Waals surface area (Å²) in [4.78, 5) is 30.9. The fourth-order valence-corrected chi connectivity index (χ4v) is 3.04. The number of fused-ring (bicyclic) bond motifs is 1. The summed E-state index contributed by atoms with van der Waals surface area (Å²) in [6.45, 7) is 4.75. The Balaban J connectivity index is 1.35. The van der Waals surface area contributed by atoms with Gasteiger partial charge >= 0.3 is 5.97 Å². The van der Waals surface area contributed by atoms with E-state index in [1.807, 2.05) is 0 Å². The van der Waals surface area contributed by atoms with Crippen molar-refractivity contribution in [3.8, 4) is 11.6 Å². The molecule has 0 spiro atoms. The van der Waals surface area contributed by atoms with Gasteiger partial charge in [-0.1, -0.05) is 6.07 Å². The number of carbonyl (C=O) groups is 1. The number of hydrogen-bond acceptors (Lipinski definition) is 7. The van der Waals surface area contributed by atoms with E-state index in [9.17, 15) is 9.59 Å². The molecule has 0 amide bonds. The molecule has 0 atom stereocenters.